The number of hydrogen-bond donors (Lipinski definition) is 3. The molecule has 3 saturated heterocycles. The van der Waals surface area contributed by atoms with Crippen LogP contribution in [0.15, 0.2) is 78.1 Å². The van der Waals surface area contributed by atoms with Crippen LogP contribution in [-0.2, 0) is 14.8 Å². The number of hydrogen-bond acceptors (Lipinski definition) is 13. The van der Waals surface area contributed by atoms with Gasteiger partial charge in [0.25, 0.3) is 15.9 Å². The van der Waals surface area contributed by atoms with E-state index in [2.05, 4.69) is 72.9 Å². The first-order valence-electron chi connectivity index (χ1n) is 22.5. The number of sulfonamides is 1. The maximum atomic E-state index is 14.0. The lowest BCUT2D eigenvalue weighted by molar-refractivity contribution is -0.384. The van der Waals surface area contributed by atoms with Gasteiger partial charge in [0.1, 0.15) is 23.8 Å². The fraction of sp³-hybridized carbons (Fsp3) is 0.468. The lowest BCUT2D eigenvalue weighted by Crippen LogP contribution is -2.54. The molecule has 0 unspecified atom stereocenters. The molecule has 7 heterocycles. The van der Waals surface area contributed by atoms with Gasteiger partial charge in [0, 0.05) is 61.7 Å². The molecule has 1 aliphatic carbocycles. The second-order valence-electron chi connectivity index (χ2n) is 18.5. The molecule has 64 heavy (non-hydrogen) atoms. The minimum atomic E-state index is -4.74. The zero-order valence-corrected chi connectivity index (χ0v) is 36.9. The number of aromatic amines is 1. The predicted molar refractivity (Wildman–Crippen MR) is 241 cm³/mol. The third-order valence-electron chi connectivity index (χ3n) is 14.3. The molecule has 4 aliphatic heterocycles. The van der Waals surface area contributed by atoms with Crippen molar-refractivity contribution in [2.45, 2.75) is 94.3 Å². The molecule has 10 rings (SSSR count). The van der Waals surface area contributed by atoms with E-state index in [1.807, 2.05) is 6.07 Å². The number of likely N-dealkylation sites (tertiary alicyclic amines) is 1. The molecule has 1 saturated carbocycles. The van der Waals surface area contributed by atoms with Gasteiger partial charge in [-0.1, -0.05) is 38.1 Å². The summed E-state index contributed by atoms with van der Waals surface area (Å²) in [6, 6.07) is 19.4. The number of carbonyl (C=O) groups excluding carboxylic acids is 1. The SMILES string of the molecule is CC(C)c1ccccc1[C@H]1CCCN1C1CC2(CCN(c3ccc(C(=O)NS(=O)(=O)c4cc([N+](=O)[O-])c5c(n4)OC[C@H](C4CCOCC4)N5)c(Oc4cnc5[nH]ccc5c4)c3)CC2)C1. The second kappa shape index (κ2) is 17.0. The molecule has 336 valence electrons. The number of ether oxygens (including phenoxy) is 3. The van der Waals surface area contributed by atoms with Gasteiger partial charge in [-0.3, -0.25) is 19.8 Å². The molecule has 17 heteroatoms. The van der Waals surface area contributed by atoms with Crippen molar-refractivity contribution >= 4 is 44.0 Å². The summed E-state index contributed by atoms with van der Waals surface area (Å²) in [6.45, 7) is 8.68. The number of nitrogens with one attached hydrogen (secondary N) is 3. The van der Waals surface area contributed by atoms with Gasteiger partial charge in [-0.25, -0.2) is 9.71 Å². The van der Waals surface area contributed by atoms with Gasteiger partial charge in [0.15, 0.2) is 10.7 Å². The lowest BCUT2D eigenvalue weighted by atomic mass is 9.59. The van der Waals surface area contributed by atoms with Crippen molar-refractivity contribution in [1.82, 2.24) is 24.6 Å². The summed E-state index contributed by atoms with van der Waals surface area (Å²) in [5, 5.41) is 15.5. The van der Waals surface area contributed by atoms with Crippen LogP contribution in [0.2, 0.25) is 0 Å². The van der Waals surface area contributed by atoms with Crippen LogP contribution in [0.3, 0.4) is 0 Å². The average molecular weight is 891 g/mol. The monoisotopic (exact) mass is 890 g/mol. The number of fused-ring (bicyclic) bond motifs is 2. The number of pyridine rings is 2. The van der Waals surface area contributed by atoms with Crippen molar-refractivity contribution in [2.24, 2.45) is 11.3 Å². The van der Waals surface area contributed by atoms with Crippen molar-refractivity contribution in [3.63, 3.8) is 0 Å². The highest BCUT2D eigenvalue weighted by atomic mass is 32.2. The van der Waals surface area contributed by atoms with Crippen LogP contribution < -0.4 is 24.4 Å². The van der Waals surface area contributed by atoms with E-state index in [9.17, 15) is 23.3 Å². The van der Waals surface area contributed by atoms with Gasteiger partial charge in [0.05, 0.1) is 28.8 Å². The molecule has 2 aromatic carbocycles. The number of benzene rings is 2. The fourth-order valence-electron chi connectivity index (χ4n) is 10.8. The van der Waals surface area contributed by atoms with Gasteiger partial charge >= 0.3 is 5.69 Å². The van der Waals surface area contributed by atoms with Gasteiger partial charge in [-0.2, -0.15) is 13.4 Å². The van der Waals surface area contributed by atoms with Crippen LogP contribution in [0.1, 0.15) is 98.7 Å². The minimum Gasteiger partial charge on any atom is -0.474 e. The van der Waals surface area contributed by atoms with Crippen molar-refractivity contribution in [3.05, 3.63) is 99.9 Å². The average Bonchev–Trinajstić information content (AvgIpc) is 3.98. The Morgan fingerprint density at radius 1 is 1.03 bits per heavy atom. The number of amides is 1. The van der Waals surface area contributed by atoms with Crippen LogP contribution >= 0.6 is 0 Å². The van der Waals surface area contributed by atoms with Gasteiger partial charge in [-0.05, 0) is 111 Å². The summed E-state index contributed by atoms with van der Waals surface area (Å²) >= 11 is 0. The van der Waals surface area contributed by atoms with Crippen LogP contribution in [0.5, 0.6) is 17.4 Å². The van der Waals surface area contributed by atoms with Crippen molar-refractivity contribution in [2.75, 3.05) is 49.7 Å². The first-order chi connectivity index (χ1) is 30.9. The normalized spacial score (nSPS) is 21.6. The summed E-state index contributed by atoms with van der Waals surface area (Å²) in [5.74, 6) is -0.0888. The molecule has 5 aromatic rings. The van der Waals surface area contributed by atoms with Gasteiger partial charge in [-0.15, -0.1) is 0 Å². The van der Waals surface area contributed by atoms with Crippen LogP contribution in [-0.4, -0.2) is 90.6 Å². The summed E-state index contributed by atoms with van der Waals surface area (Å²) < 4.78 is 47.4. The van der Waals surface area contributed by atoms with E-state index < -0.39 is 31.6 Å². The van der Waals surface area contributed by atoms with Gasteiger partial charge in [0.2, 0.25) is 5.88 Å². The Labute approximate surface area is 372 Å². The number of carbonyl (C=O) groups is 1. The van der Waals surface area contributed by atoms with Crippen molar-refractivity contribution in [3.8, 4) is 17.4 Å². The Bertz CT molecular complexity index is 2690. The largest absolute Gasteiger partial charge is 0.474 e. The topological polar surface area (TPSA) is 194 Å². The Morgan fingerprint density at radius 2 is 1.83 bits per heavy atom. The maximum Gasteiger partial charge on any atom is 0.300 e. The first-order valence-corrected chi connectivity index (χ1v) is 24.0. The molecule has 16 nitrogen and oxygen atoms in total. The summed E-state index contributed by atoms with van der Waals surface area (Å²) in [4.78, 5) is 42.4. The number of rotatable bonds is 11. The molecule has 5 aliphatic rings. The van der Waals surface area contributed by atoms with E-state index in [0.717, 1.165) is 62.5 Å². The molecule has 4 fully saturated rings. The number of nitrogens with zero attached hydrogens (tertiary/aromatic N) is 5. The quantitative estimate of drug-likeness (QED) is 0.0852. The molecule has 1 amide bonds. The maximum absolute atomic E-state index is 14.0. The van der Waals surface area contributed by atoms with E-state index in [-0.39, 0.29) is 41.4 Å². The molecule has 2 atom stereocenters. The van der Waals surface area contributed by atoms with Gasteiger partial charge < -0.3 is 29.4 Å². The number of aromatic nitrogens is 3. The summed E-state index contributed by atoms with van der Waals surface area (Å²) in [6.07, 6.45) is 11.7. The first kappa shape index (κ1) is 42.2. The number of piperidine rings is 1. The highest BCUT2D eigenvalue weighted by molar-refractivity contribution is 7.90. The number of nitro groups is 1. The van der Waals surface area contributed by atoms with Crippen LogP contribution in [0.25, 0.3) is 11.0 Å². The molecule has 1 spiro atoms. The molecular weight excluding hydrogens is 837 g/mol. The van der Waals surface area contributed by atoms with Crippen LogP contribution in [0, 0.1) is 21.4 Å². The lowest BCUT2D eigenvalue weighted by Gasteiger charge is -2.56. The van der Waals surface area contributed by atoms with Crippen LogP contribution in [0.4, 0.5) is 17.1 Å². The molecule has 3 N–H and O–H groups in total. The zero-order valence-electron chi connectivity index (χ0n) is 36.1. The van der Waals surface area contributed by atoms with E-state index in [0.29, 0.717) is 48.0 Å². The van der Waals surface area contributed by atoms with Crippen molar-refractivity contribution < 1.29 is 32.3 Å². The highest BCUT2D eigenvalue weighted by Gasteiger charge is 2.50. The Morgan fingerprint density at radius 3 is 2.61 bits per heavy atom. The Balaban J connectivity index is 0.861. The predicted octanol–water partition coefficient (Wildman–Crippen LogP) is 8.09. The Hall–Kier alpha value is -5.78. The number of anilines is 2. The summed E-state index contributed by atoms with van der Waals surface area (Å²) in [5.41, 5.74) is 4.18. The van der Waals surface area contributed by atoms with E-state index >= 15 is 0 Å². The standard InChI is InChI=1S/C47H54N8O8S/c1-29(2)35-6-3-4-7-36(35)39-8-5-17-54(39)33-25-47(26-33)14-18-53(19-15-47)32-9-10-37(41(23-32)63-34-22-31-11-16-48-44(31)49-27-34)45(56)52-64(59,60)42-24-40(55(57)58)43-46(51-42)62-28-38(50-43)30-12-20-61-21-13-30/h3-4,6-7,9-11,16,22-24,27,29-30,33,38-39,50H,5,8,12-15,17-21,25-26,28H2,1-2H3,(H,48,49)(H,52,56)/t38-,39-/m1/s1. The second-order valence-corrected chi connectivity index (χ2v) is 20.1. The fourth-order valence-corrected chi connectivity index (χ4v) is 11.7. The summed E-state index contributed by atoms with van der Waals surface area (Å²) in [7, 11) is -4.74. The Kier molecular flexibility index (Phi) is 11.2. The molecule has 0 radical (unpaired) electrons. The number of H-pyrrole nitrogens is 1. The van der Waals surface area contributed by atoms with E-state index in [1.165, 1.54) is 43.0 Å². The third kappa shape index (κ3) is 8.13. The highest BCUT2D eigenvalue weighted by Crippen LogP contribution is 2.54. The smallest absolute Gasteiger partial charge is 0.300 e. The molecular formula is C47H54N8O8S. The van der Waals surface area contributed by atoms with E-state index in [4.69, 9.17) is 14.2 Å². The zero-order chi connectivity index (χ0) is 44.2. The van der Waals surface area contributed by atoms with Crippen molar-refractivity contribution in [1.29, 1.82) is 0 Å². The van der Waals surface area contributed by atoms with E-state index in [1.54, 1.807) is 30.5 Å². The third-order valence-corrected chi connectivity index (χ3v) is 15.5. The molecule has 0 bridgehead atoms. The molecule has 3 aromatic heterocycles. The minimum absolute atomic E-state index is 0.00143.